The molecule has 0 saturated carbocycles. The quantitative estimate of drug-likeness (QED) is 0.925. The zero-order valence-electron chi connectivity index (χ0n) is 10.1. The summed E-state index contributed by atoms with van der Waals surface area (Å²) in [4.78, 5) is 0. The Balaban J connectivity index is 2.16. The summed E-state index contributed by atoms with van der Waals surface area (Å²) in [5.41, 5.74) is 1.55. The van der Waals surface area contributed by atoms with Gasteiger partial charge in [0.2, 0.25) is 10.0 Å². The van der Waals surface area contributed by atoms with Crippen molar-refractivity contribution in [1.29, 1.82) is 0 Å². The number of nitrogens with one attached hydrogen (secondary N) is 1. The molecule has 0 amide bonds. The van der Waals surface area contributed by atoms with Gasteiger partial charge in [-0.3, -0.25) is 4.72 Å². The van der Waals surface area contributed by atoms with E-state index in [4.69, 9.17) is 4.74 Å². The standard InChI is InChI=1S/C12H16BrNO3S/c1-9-8-10(13)2-3-12(9)14-18(15,16)11-4-6-17-7-5-11/h2-3,8,11,14H,4-7H2,1H3. The number of anilines is 1. The third-order valence-corrected chi connectivity index (χ3v) is 5.39. The van der Waals surface area contributed by atoms with Crippen molar-refractivity contribution in [3.8, 4) is 0 Å². The van der Waals surface area contributed by atoms with Crippen LogP contribution in [0, 0.1) is 6.92 Å². The van der Waals surface area contributed by atoms with E-state index in [1.165, 1.54) is 0 Å². The summed E-state index contributed by atoms with van der Waals surface area (Å²) in [7, 11) is -3.32. The summed E-state index contributed by atoms with van der Waals surface area (Å²) in [6.45, 7) is 2.92. The molecule has 0 aromatic heterocycles. The Kier molecular flexibility index (Phi) is 4.29. The van der Waals surface area contributed by atoms with Crippen LogP contribution in [0.3, 0.4) is 0 Å². The lowest BCUT2D eigenvalue weighted by atomic mass is 10.2. The van der Waals surface area contributed by atoms with Crippen molar-refractivity contribution in [3.63, 3.8) is 0 Å². The normalized spacial score (nSPS) is 17.7. The van der Waals surface area contributed by atoms with Crippen molar-refractivity contribution in [3.05, 3.63) is 28.2 Å². The number of hydrogen-bond donors (Lipinski definition) is 1. The highest BCUT2D eigenvalue weighted by atomic mass is 79.9. The second-order valence-corrected chi connectivity index (χ2v) is 7.29. The lowest BCUT2D eigenvalue weighted by Crippen LogP contribution is -2.33. The van der Waals surface area contributed by atoms with Gasteiger partial charge in [0, 0.05) is 17.7 Å². The SMILES string of the molecule is Cc1cc(Br)ccc1NS(=O)(=O)C1CCOCC1. The van der Waals surface area contributed by atoms with Crippen LogP contribution in [0.4, 0.5) is 5.69 Å². The first-order valence-electron chi connectivity index (χ1n) is 5.84. The second kappa shape index (κ2) is 5.59. The van der Waals surface area contributed by atoms with E-state index < -0.39 is 10.0 Å². The molecular weight excluding hydrogens is 318 g/mol. The average Bonchev–Trinajstić information content (AvgIpc) is 2.34. The molecule has 4 nitrogen and oxygen atoms in total. The first-order valence-corrected chi connectivity index (χ1v) is 8.18. The van der Waals surface area contributed by atoms with Gasteiger partial charge in [0.05, 0.1) is 10.9 Å². The van der Waals surface area contributed by atoms with E-state index in [0.717, 1.165) is 10.0 Å². The maximum absolute atomic E-state index is 12.2. The highest BCUT2D eigenvalue weighted by Crippen LogP contribution is 2.24. The van der Waals surface area contributed by atoms with E-state index in [0.29, 0.717) is 31.7 Å². The van der Waals surface area contributed by atoms with Crippen molar-refractivity contribution in [2.24, 2.45) is 0 Å². The molecule has 0 bridgehead atoms. The Morgan fingerprint density at radius 2 is 2.00 bits per heavy atom. The fourth-order valence-electron chi connectivity index (χ4n) is 1.96. The molecule has 1 heterocycles. The lowest BCUT2D eigenvalue weighted by molar-refractivity contribution is 0.0984. The summed E-state index contributed by atoms with van der Waals surface area (Å²) < 4.78 is 33.2. The molecule has 1 N–H and O–H groups in total. The maximum Gasteiger partial charge on any atom is 0.235 e. The lowest BCUT2D eigenvalue weighted by Gasteiger charge is -2.23. The predicted octanol–water partition coefficient (Wildman–Crippen LogP) is 2.68. The maximum atomic E-state index is 12.2. The van der Waals surface area contributed by atoms with Gasteiger partial charge < -0.3 is 4.74 Å². The summed E-state index contributed by atoms with van der Waals surface area (Å²) in [5.74, 6) is 0. The van der Waals surface area contributed by atoms with Crippen LogP contribution in [0.1, 0.15) is 18.4 Å². The molecular formula is C12H16BrNO3S. The summed E-state index contributed by atoms with van der Waals surface area (Å²) >= 11 is 3.36. The largest absolute Gasteiger partial charge is 0.381 e. The van der Waals surface area contributed by atoms with Crippen LogP contribution < -0.4 is 4.72 Å². The Morgan fingerprint density at radius 1 is 1.33 bits per heavy atom. The smallest absolute Gasteiger partial charge is 0.235 e. The van der Waals surface area contributed by atoms with E-state index >= 15 is 0 Å². The molecule has 1 aliphatic rings. The van der Waals surface area contributed by atoms with Gasteiger partial charge in [-0.05, 0) is 43.5 Å². The van der Waals surface area contributed by atoms with E-state index in [-0.39, 0.29) is 5.25 Å². The molecule has 0 radical (unpaired) electrons. The molecule has 18 heavy (non-hydrogen) atoms. The summed E-state index contributed by atoms with van der Waals surface area (Å²) in [6.07, 6.45) is 1.12. The second-order valence-electron chi connectivity index (χ2n) is 4.42. The molecule has 1 fully saturated rings. The monoisotopic (exact) mass is 333 g/mol. The van der Waals surface area contributed by atoms with E-state index in [1.54, 1.807) is 6.07 Å². The van der Waals surface area contributed by atoms with Crippen LogP contribution in [0.5, 0.6) is 0 Å². The van der Waals surface area contributed by atoms with Crippen LogP contribution in [-0.4, -0.2) is 26.9 Å². The number of benzene rings is 1. The van der Waals surface area contributed by atoms with Crippen LogP contribution in [0.15, 0.2) is 22.7 Å². The number of ether oxygens (including phenoxy) is 1. The molecule has 0 atom stereocenters. The van der Waals surface area contributed by atoms with Crippen LogP contribution in [0.2, 0.25) is 0 Å². The van der Waals surface area contributed by atoms with Gasteiger partial charge in [-0.2, -0.15) is 0 Å². The highest BCUT2D eigenvalue weighted by molar-refractivity contribution is 9.10. The van der Waals surface area contributed by atoms with Gasteiger partial charge in [-0.15, -0.1) is 0 Å². The van der Waals surface area contributed by atoms with Gasteiger partial charge in [0.15, 0.2) is 0 Å². The first kappa shape index (κ1) is 13.8. The molecule has 1 aliphatic heterocycles. The van der Waals surface area contributed by atoms with E-state index in [1.807, 2.05) is 19.1 Å². The number of aryl methyl sites for hydroxylation is 1. The fourth-order valence-corrected chi connectivity index (χ4v) is 3.96. The first-order chi connectivity index (χ1) is 8.49. The van der Waals surface area contributed by atoms with Gasteiger partial charge in [0.25, 0.3) is 0 Å². The topological polar surface area (TPSA) is 55.4 Å². The van der Waals surface area contributed by atoms with Gasteiger partial charge in [-0.1, -0.05) is 15.9 Å². The Hall–Kier alpha value is -0.590. The number of halogens is 1. The Bertz CT molecular complexity index is 524. The van der Waals surface area contributed by atoms with Gasteiger partial charge in [0.1, 0.15) is 0 Å². The molecule has 1 aromatic rings. The molecule has 1 aromatic carbocycles. The van der Waals surface area contributed by atoms with Crippen LogP contribution in [-0.2, 0) is 14.8 Å². The molecule has 100 valence electrons. The van der Waals surface area contributed by atoms with Crippen molar-refractivity contribution in [2.75, 3.05) is 17.9 Å². The zero-order valence-corrected chi connectivity index (χ0v) is 12.6. The summed E-state index contributed by atoms with van der Waals surface area (Å²) in [5, 5.41) is -0.353. The third-order valence-electron chi connectivity index (χ3n) is 3.05. The van der Waals surface area contributed by atoms with Crippen LogP contribution in [0.25, 0.3) is 0 Å². The number of sulfonamides is 1. The third kappa shape index (κ3) is 3.24. The summed E-state index contributed by atoms with van der Waals surface area (Å²) in [6, 6.07) is 5.49. The number of hydrogen-bond acceptors (Lipinski definition) is 3. The van der Waals surface area contributed by atoms with Gasteiger partial charge in [-0.25, -0.2) is 8.42 Å². The number of rotatable bonds is 3. The van der Waals surface area contributed by atoms with Crippen molar-refractivity contribution < 1.29 is 13.2 Å². The van der Waals surface area contributed by atoms with Crippen molar-refractivity contribution >= 4 is 31.6 Å². The van der Waals surface area contributed by atoms with Crippen molar-refractivity contribution in [1.82, 2.24) is 0 Å². The minimum Gasteiger partial charge on any atom is -0.381 e. The predicted molar refractivity (Wildman–Crippen MR) is 75.3 cm³/mol. The fraction of sp³-hybridized carbons (Fsp3) is 0.500. The molecule has 2 rings (SSSR count). The zero-order chi connectivity index (χ0) is 13.2. The average molecular weight is 334 g/mol. The minimum atomic E-state index is -3.32. The molecule has 0 aliphatic carbocycles. The molecule has 0 spiro atoms. The van der Waals surface area contributed by atoms with E-state index in [9.17, 15) is 8.42 Å². The molecule has 1 saturated heterocycles. The molecule has 6 heteroatoms. The van der Waals surface area contributed by atoms with E-state index in [2.05, 4.69) is 20.7 Å². The highest BCUT2D eigenvalue weighted by Gasteiger charge is 2.27. The van der Waals surface area contributed by atoms with Crippen molar-refractivity contribution in [2.45, 2.75) is 25.0 Å². The Labute approximate surface area is 116 Å². The Morgan fingerprint density at radius 3 is 2.61 bits per heavy atom. The minimum absolute atomic E-state index is 0.353. The van der Waals surface area contributed by atoms with Gasteiger partial charge >= 0.3 is 0 Å². The van der Waals surface area contributed by atoms with Crippen LogP contribution >= 0.6 is 15.9 Å². The molecule has 0 unspecified atom stereocenters.